The molecule has 1 unspecified atom stereocenters. The topological polar surface area (TPSA) is 18.5 Å². The minimum atomic E-state index is -0.314. The minimum Gasteiger partial charge on any atom is -0.355 e. The van der Waals surface area contributed by atoms with Crippen LogP contribution in [0, 0.1) is 0 Å². The van der Waals surface area contributed by atoms with Gasteiger partial charge < -0.3 is 9.47 Å². The molecule has 0 saturated carbocycles. The molecule has 0 spiro atoms. The molecule has 80 valence electrons. The molecule has 0 aliphatic rings. The maximum absolute atomic E-state index is 5.63. The Morgan fingerprint density at radius 3 is 2.00 bits per heavy atom. The van der Waals surface area contributed by atoms with Crippen LogP contribution >= 0.6 is 12.6 Å². The van der Waals surface area contributed by atoms with Crippen molar-refractivity contribution in [2.75, 3.05) is 13.2 Å². The summed E-state index contributed by atoms with van der Waals surface area (Å²) in [5.74, 6) is 0. The van der Waals surface area contributed by atoms with E-state index in [1.54, 1.807) is 0 Å². The van der Waals surface area contributed by atoms with Crippen molar-refractivity contribution in [1.82, 2.24) is 0 Å². The molecule has 2 nitrogen and oxygen atoms in total. The molecule has 0 saturated heterocycles. The first kappa shape index (κ1) is 13.5. The molecule has 1 atom stereocenters. The lowest BCUT2D eigenvalue weighted by atomic mass is 10.2. The summed E-state index contributed by atoms with van der Waals surface area (Å²) in [5.41, 5.74) is -0.314. The fourth-order valence-electron chi connectivity index (χ4n) is 1.34. The monoisotopic (exact) mass is 222 g/mol. The highest BCUT2D eigenvalue weighted by Crippen LogP contribution is 2.20. The van der Waals surface area contributed by atoms with E-state index in [9.17, 15) is 0 Å². The molecule has 0 N–H and O–H groups in total. The maximum Gasteiger partial charge on any atom is 0.142 e. The Labute approximate surface area is 90.2 Å². The summed E-state index contributed by atoms with van der Waals surface area (Å²) in [6.07, 6.45) is 1.97. The molecule has 0 aromatic heterocycles. The van der Waals surface area contributed by atoms with Gasteiger partial charge in [-0.25, -0.2) is 0 Å². The molecule has 0 rings (SSSR count). The third-order valence-corrected chi connectivity index (χ3v) is 3.51. The molecule has 0 aliphatic carbocycles. The second-order valence-electron chi connectivity index (χ2n) is 3.27. The summed E-state index contributed by atoms with van der Waals surface area (Å²) in [5, 5.41) is 0.385. The van der Waals surface area contributed by atoms with E-state index < -0.39 is 0 Å². The summed E-state index contributed by atoms with van der Waals surface area (Å²) in [7, 11) is 0.897. The van der Waals surface area contributed by atoms with Crippen LogP contribution in [0.4, 0.5) is 0 Å². The van der Waals surface area contributed by atoms with Crippen LogP contribution in [0.2, 0.25) is 0 Å². The van der Waals surface area contributed by atoms with E-state index in [2.05, 4.69) is 19.6 Å². The highest BCUT2D eigenvalue weighted by Gasteiger charge is 2.26. The van der Waals surface area contributed by atoms with E-state index in [4.69, 9.17) is 9.47 Å². The van der Waals surface area contributed by atoms with E-state index in [1.807, 2.05) is 13.8 Å². The lowest BCUT2D eigenvalue weighted by Crippen LogP contribution is -2.39. The van der Waals surface area contributed by atoms with Gasteiger partial charge in [0, 0.05) is 24.9 Å². The Bertz CT molecular complexity index is 127. The van der Waals surface area contributed by atoms with Gasteiger partial charge in [-0.3, -0.25) is 0 Å². The van der Waals surface area contributed by atoms with Gasteiger partial charge in [0.25, 0.3) is 0 Å². The first-order valence-electron chi connectivity index (χ1n) is 5.04. The van der Waals surface area contributed by atoms with Crippen LogP contribution < -0.4 is 0 Å². The van der Waals surface area contributed by atoms with Crippen molar-refractivity contribution in [2.45, 2.75) is 44.3 Å². The molecule has 13 heavy (non-hydrogen) atoms. The van der Waals surface area contributed by atoms with E-state index >= 15 is 0 Å². The fraction of sp³-hybridized carbons (Fsp3) is 1.00. The van der Waals surface area contributed by atoms with Gasteiger partial charge in [-0.1, -0.05) is 6.92 Å². The van der Waals surface area contributed by atoms with E-state index in [0.29, 0.717) is 18.5 Å². The van der Waals surface area contributed by atoms with Crippen LogP contribution in [0.1, 0.15) is 33.6 Å². The van der Waals surface area contributed by atoms with Gasteiger partial charge in [0.2, 0.25) is 0 Å². The van der Waals surface area contributed by atoms with Crippen LogP contribution in [-0.4, -0.2) is 34.1 Å². The lowest BCUT2D eigenvalue weighted by molar-refractivity contribution is -0.176. The van der Waals surface area contributed by atoms with Crippen LogP contribution in [-0.2, 0) is 9.47 Å². The molecule has 0 amide bonds. The third-order valence-electron chi connectivity index (χ3n) is 1.98. The highest BCUT2D eigenvalue weighted by atomic mass is 32.1. The Hall–Kier alpha value is 0.487. The van der Waals surface area contributed by atoms with Gasteiger partial charge in [0.1, 0.15) is 5.41 Å². The quantitative estimate of drug-likeness (QED) is 0.396. The van der Waals surface area contributed by atoms with Crippen molar-refractivity contribution < 1.29 is 9.47 Å². The number of hydrogen-bond acceptors (Lipinski definition) is 3. The molecule has 0 aromatic carbocycles. The molecular formula is C9H22O2SSi. The summed E-state index contributed by atoms with van der Waals surface area (Å²) in [6.45, 7) is 7.58. The Kier molecular flexibility index (Phi) is 7.13. The second-order valence-corrected chi connectivity index (χ2v) is 5.52. The lowest BCUT2D eigenvalue weighted by Gasteiger charge is -2.31. The van der Waals surface area contributed by atoms with Gasteiger partial charge >= 0.3 is 0 Å². The zero-order chi connectivity index (χ0) is 10.3. The minimum absolute atomic E-state index is 0.314. The number of thiol groups is 1. The molecule has 0 aromatic rings. The molecular weight excluding hydrogens is 200 g/mol. The Morgan fingerprint density at radius 2 is 1.69 bits per heavy atom. The average Bonchev–Trinajstić information content (AvgIpc) is 2.04. The Balaban J connectivity index is 4.05. The Morgan fingerprint density at radius 1 is 1.23 bits per heavy atom. The van der Waals surface area contributed by atoms with Gasteiger partial charge in [0.05, 0.1) is 10.2 Å². The maximum atomic E-state index is 5.63. The van der Waals surface area contributed by atoms with Gasteiger partial charge in [-0.15, -0.1) is 0 Å². The summed E-state index contributed by atoms with van der Waals surface area (Å²) < 4.78 is 11.3. The predicted octanol–water partition coefficient (Wildman–Crippen LogP) is 1.18. The van der Waals surface area contributed by atoms with Crippen LogP contribution in [0.5, 0.6) is 0 Å². The summed E-state index contributed by atoms with van der Waals surface area (Å²) in [4.78, 5) is 0. The van der Waals surface area contributed by atoms with Crippen molar-refractivity contribution in [1.29, 1.82) is 0 Å². The van der Waals surface area contributed by atoms with Crippen molar-refractivity contribution in [3.8, 4) is 0 Å². The van der Waals surface area contributed by atoms with Gasteiger partial charge in [-0.05, 0) is 20.3 Å². The van der Waals surface area contributed by atoms with E-state index in [0.717, 1.165) is 23.1 Å². The zero-order valence-corrected chi connectivity index (χ0v) is 12.1. The van der Waals surface area contributed by atoms with Gasteiger partial charge in [0.15, 0.2) is 0 Å². The molecule has 0 radical (unpaired) electrons. The molecule has 0 fully saturated rings. The molecule has 4 heteroatoms. The SMILES string of the molecule is CCOC([SiH3])(CC(S)CC)OCC. The normalized spacial score (nSPS) is 14.8. The molecule has 0 bridgehead atoms. The van der Waals surface area contributed by atoms with Gasteiger partial charge in [-0.2, -0.15) is 12.6 Å². The van der Waals surface area contributed by atoms with Crippen LogP contribution in [0.15, 0.2) is 0 Å². The van der Waals surface area contributed by atoms with E-state index in [-0.39, 0.29) is 5.41 Å². The largest absolute Gasteiger partial charge is 0.355 e. The standard InChI is InChI=1S/C9H22O2SSi/c1-4-8(12)7-9(13,10-5-2)11-6-3/h8,12H,4-7H2,1-3,13H3. The smallest absolute Gasteiger partial charge is 0.142 e. The van der Waals surface area contributed by atoms with Crippen molar-refractivity contribution in [2.24, 2.45) is 0 Å². The first-order chi connectivity index (χ1) is 6.08. The van der Waals surface area contributed by atoms with Crippen molar-refractivity contribution >= 4 is 22.9 Å². The number of hydrogen-bond donors (Lipinski definition) is 1. The summed E-state index contributed by atoms with van der Waals surface area (Å²) in [6, 6.07) is 0. The first-order valence-corrected chi connectivity index (χ1v) is 6.55. The van der Waals surface area contributed by atoms with Crippen LogP contribution in [0.3, 0.4) is 0 Å². The number of ether oxygens (including phenoxy) is 2. The molecule has 0 heterocycles. The van der Waals surface area contributed by atoms with Crippen molar-refractivity contribution in [3.05, 3.63) is 0 Å². The summed E-state index contributed by atoms with van der Waals surface area (Å²) >= 11 is 4.47. The zero-order valence-electron chi connectivity index (χ0n) is 9.17. The third kappa shape index (κ3) is 5.73. The molecule has 0 aliphatic heterocycles. The van der Waals surface area contributed by atoms with E-state index in [1.165, 1.54) is 0 Å². The average molecular weight is 222 g/mol. The second kappa shape index (κ2) is 6.87. The van der Waals surface area contributed by atoms with Crippen molar-refractivity contribution in [3.63, 3.8) is 0 Å². The van der Waals surface area contributed by atoms with Crippen LogP contribution in [0.25, 0.3) is 0 Å². The fourth-order valence-corrected chi connectivity index (χ4v) is 3.09. The number of rotatable bonds is 7. The predicted molar refractivity (Wildman–Crippen MR) is 63.6 cm³/mol. The highest BCUT2D eigenvalue weighted by molar-refractivity contribution is 7.80.